The van der Waals surface area contributed by atoms with Crippen LogP contribution in [0.1, 0.15) is 16.0 Å². The highest BCUT2D eigenvalue weighted by Gasteiger charge is 2.04. The highest BCUT2D eigenvalue weighted by atomic mass is 32.1. The second-order valence-corrected chi connectivity index (χ2v) is 6.47. The number of aromatic nitrogens is 1. The van der Waals surface area contributed by atoms with E-state index in [-0.39, 0.29) is 0 Å². The van der Waals surface area contributed by atoms with Gasteiger partial charge in [-0.05, 0) is 11.1 Å². The standard InChI is InChI=1S/C19H20N2OS/c1-22-14-16-9-7-15(8-10-16)11-20-12-18-13-21-19(23-18)17-5-3-2-4-6-17/h2-10,13,20H,11-12,14H2,1H3. The molecule has 2 aromatic carbocycles. The Morgan fingerprint density at radius 2 is 1.70 bits per heavy atom. The zero-order valence-corrected chi connectivity index (χ0v) is 14.0. The molecule has 3 rings (SSSR count). The van der Waals surface area contributed by atoms with Crippen LogP contribution in [0, 0.1) is 0 Å². The lowest BCUT2D eigenvalue weighted by Crippen LogP contribution is -2.11. The first-order valence-corrected chi connectivity index (χ1v) is 8.44. The van der Waals surface area contributed by atoms with Gasteiger partial charge >= 0.3 is 0 Å². The van der Waals surface area contributed by atoms with Crippen LogP contribution in [0.4, 0.5) is 0 Å². The minimum Gasteiger partial charge on any atom is -0.380 e. The van der Waals surface area contributed by atoms with Crippen molar-refractivity contribution < 1.29 is 4.74 Å². The molecule has 1 heterocycles. The SMILES string of the molecule is COCc1ccc(CNCc2cnc(-c3ccccc3)s2)cc1. The van der Waals surface area contributed by atoms with Crippen LogP contribution < -0.4 is 5.32 Å². The Morgan fingerprint density at radius 3 is 2.43 bits per heavy atom. The molecule has 0 aliphatic rings. The van der Waals surface area contributed by atoms with Gasteiger partial charge in [0.1, 0.15) is 5.01 Å². The minimum absolute atomic E-state index is 0.664. The van der Waals surface area contributed by atoms with Crippen molar-refractivity contribution in [2.75, 3.05) is 7.11 Å². The molecule has 0 aliphatic heterocycles. The lowest BCUT2D eigenvalue weighted by molar-refractivity contribution is 0.185. The molecule has 23 heavy (non-hydrogen) atoms. The Kier molecular flexibility index (Phi) is 5.53. The van der Waals surface area contributed by atoms with Gasteiger partial charge < -0.3 is 10.1 Å². The Hall–Kier alpha value is -2.01. The monoisotopic (exact) mass is 324 g/mol. The molecule has 1 aromatic heterocycles. The predicted molar refractivity (Wildman–Crippen MR) is 95.2 cm³/mol. The molecule has 4 heteroatoms. The van der Waals surface area contributed by atoms with Crippen molar-refractivity contribution in [3.63, 3.8) is 0 Å². The summed E-state index contributed by atoms with van der Waals surface area (Å²) in [6.45, 7) is 2.35. The molecule has 0 aliphatic carbocycles. The maximum atomic E-state index is 5.12. The summed E-state index contributed by atoms with van der Waals surface area (Å²) in [4.78, 5) is 5.76. The van der Waals surface area contributed by atoms with E-state index in [1.54, 1.807) is 18.4 Å². The van der Waals surface area contributed by atoms with E-state index >= 15 is 0 Å². The van der Waals surface area contributed by atoms with Gasteiger partial charge in [-0.1, -0.05) is 54.6 Å². The summed E-state index contributed by atoms with van der Waals surface area (Å²) in [5, 5.41) is 4.55. The summed E-state index contributed by atoms with van der Waals surface area (Å²) in [5.74, 6) is 0. The number of benzene rings is 2. The quantitative estimate of drug-likeness (QED) is 0.705. The van der Waals surface area contributed by atoms with Crippen LogP contribution in [-0.4, -0.2) is 12.1 Å². The predicted octanol–water partition coefficient (Wildman–Crippen LogP) is 4.25. The number of hydrogen-bond donors (Lipinski definition) is 1. The normalized spacial score (nSPS) is 10.8. The fraction of sp³-hybridized carbons (Fsp3) is 0.211. The summed E-state index contributed by atoms with van der Waals surface area (Å²) in [6, 6.07) is 18.8. The van der Waals surface area contributed by atoms with Gasteiger partial charge in [0.15, 0.2) is 0 Å². The first-order chi connectivity index (χ1) is 11.3. The molecule has 0 spiro atoms. The molecule has 0 bridgehead atoms. The van der Waals surface area contributed by atoms with Crippen LogP contribution in [0.2, 0.25) is 0 Å². The van der Waals surface area contributed by atoms with E-state index in [1.165, 1.54) is 21.6 Å². The molecule has 0 fully saturated rings. The third-order valence-electron chi connectivity index (χ3n) is 3.54. The van der Waals surface area contributed by atoms with E-state index in [4.69, 9.17) is 4.74 Å². The van der Waals surface area contributed by atoms with Crippen LogP contribution in [0.5, 0.6) is 0 Å². The lowest BCUT2D eigenvalue weighted by atomic mass is 10.1. The maximum Gasteiger partial charge on any atom is 0.123 e. The molecular weight excluding hydrogens is 304 g/mol. The Balaban J connectivity index is 1.52. The smallest absolute Gasteiger partial charge is 0.123 e. The van der Waals surface area contributed by atoms with Crippen LogP contribution in [0.3, 0.4) is 0 Å². The number of ether oxygens (including phenoxy) is 1. The summed E-state index contributed by atoms with van der Waals surface area (Å²) in [6.07, 6.45) is 1.96. The molecule has 3 aromatic rings. The lowest BCUT2D eigenvalue weighted by Gasteiger charge is -2.05. The van der Waals surface area contributed by atoms with Crippen molar-refractivity contribution in [3.8, 4) is 10.6 Å². The Labute approximate surface area is 141 Å². The molecular formula is C19H20N2OS. The molecule has 0 saturated heterocycles. The number of nitrogens with zero attached hydrogens (tertiary/aromatic N) is 1. The molecule has 1 N–H and O–H groups in total. The zero-order chi connectivity index (χ0) is 15.9. The largest absolute Gasteiger partial charge is 0.380 e. The second kappa shape index (κ2) is 8.02. The molecule has 118 valence electrons. The van der Waals surface area contributed by atoms with E-state index in [0.717, 1.165) is 18.1 Å². The average molecular weight is 324 g/mol. The fourth-order valence-corrected chi connectivity index (χ4v) is 3.24. The molecule has 0 saturated carbocycles. The van der Waals surface area contributed by atoms with Crippen LogP contribution in [0.15, 0.2) is 60.8 Å². The van der Waals surface area contributed by atoms with Crippen molar-refractivity contribution in [2.24, 2.45) is 0 Å². The Morgan fingerprint density at radius 1 is 0.957 bits per heavy atom. The summed E-state index contributed by atoms with van der Waals surface area (Å²) in [5.41, 5.74) is 3.65. The average Bonchev–Trinajstić information content (AvgIpc) is 3.06. The van der Waals surface area contributed by atoms with Gasteiger partial charge in [0.25, 0.3) is 0 Å². The van der Waals surface area contributed by atoms with E-state index in [2.05, 4.69) is 46.7 Å². The molecule has 0 radical (unpaired) electrons. The third-order valence-corrected chi connectivity index (χ3v) is 4.58. The van der Waals surface area contributed by atoms with Gasteiger partial charge in [0.2, 0.25) is 0 Å². The van der Waals surface area contributed by atoms with E-state index in [9.17, 15) is 0 Å². The highest BCUT2D eigenvalue weighted by Crippen LogP contribution is 2.24. The van der Waals surface area contributed by atoms with Crippen molar-refractivity contribution in [1.29, 1.82) is 0 Å². The van der Waals surface area contributed by atoms with Gasteiger partial charge in [0, 0.05) is 36.8 Å². The van der Waals surface area contributed by atoms with Crippen molar-refractivity contribution in [3.05, 3.63) is 76.8 Å². The fourth-order valence-electron chi connectivity index (χ4n) is 2.35. The summed E-state index contributed by atoms with van der Waals surface area (Å²) >= 11 is 1.74. The zero-order valence-electron chi connectivity index (χ0n) is 13.2. The van der Waals surface area contributed by atoms with E-state index in [0.29, 0.717) is 6.61 Å². The topological polar surface area (TPSA) is 34.1 Å². The summed E-state index contributed by atoms with van der Waals surface area (Å²) < 4.78 is 5.12. The number of nitrogens with one attached hydrogen (secondary N) is 1. The molecule has 0 atom stereocenters. The van der Waals surface area contributed by atoms with Gasteiger partial charge in [-0.15, -0.1) is 11.3 Å². The van der Waals surface area contributed by atoms with Crippen LogP contribution in [-0.2, 0) is 24.4 Å². The second-order valence-electron chi connectivity index (χ2n) is 5.35. The first-order valence-electron chi connectivity index (χ1n) is 7.63. The van der Waals surface area contributed by atoms with Gasteiger partial charge in [0.05, 0.1) is 6.61 Å². The number of thiazole rings is 1. The van der Waals surface area contributed by atoms with E-state index < -0.39 is 0 Å². The van der Waals surface area contributed by atoms with Gasteiger partial charge in [-0.2, -0.15) is 0 Å². The van der Waals surface area contributed by atoms with Crippen LogP contribution in [0.25, 0.3) is 10.6 Å². The van der Waals surface area contributed by atoms with Crippen LogP contribution >= 0.6 is 11.3 Å². The molecule has 3 nitrogen and oxygen atoms in total. The van der Waals surface area contributed by atoms with Gasteiger partial charge in [-0.3, -0.25) is 0 Å². The third kappa shape index (κ3) is 4.48. The highest BCUT2D eigenvalue weighted by molar-refractivity contribution is 7.15. The van der Waals surface area contributed by atoms with E-state index in [1.807, 2.05) is 24.4 Å². The number of methoxy groups -OCH3 is 1. The molecule has 0 amide bonds. The minimum atomic E-state index is 0.664. The maximum absolute atomic E-state index is 5.12. The first kappa shape index (κ1) is 15.9. The van der Waals surface area contributed by atoms with Crippen molar-refractivity contribution in [1.82, 2.24) is 10.3 Å². The number of rotatable bonds is 7. The van der Waals surface area contributed by atoms with Crippen molar-refractivity contribution in [2.45, 2.75) is 19.7 Å². The summed E-state index contributed by atoms with van der Waals surface area (Å²) in [7, 11) is 1.72. The molecule has 0 unspecified atom stereocenters. The number of hydrogen-bond acceptors (Lipinski definition) is 4. The Bertz CT molecular complexity index is 723. The van der Waals surface area contributed by atoms with Gasteiger partial charge in [-0.25, -0.2) is 4.98 Å². The van der Waals surface area contributed by atoms with Crippen molar-refractivity contribution >= 4 is 11.3 Å².